The summed E-state index contributed by atoms with van der Waals surface area (Å²) in [5.41, 5.74) is 0. The van der Waals surface area contributed by atoms with E-state index in [0.29, 0.717) is 19.4 Å². The molecule has 12 heavy (non-hydrogen) atoms. The van der Waals surface area contributed by atoms with E-state index in [1.54, 1.807) is 0 Å². The van der Waals surface area contributed by atoms with Gasteiger partial charge in [0.2, 0.25) is 0 Å². The molecule has 3 nitrogen and oxygen atoms in total. The molecule has 1 rings (SSSR count). The normalized spacial score (nSPS) is 31.8. The van der Waals surface area contributed by atoms with Gasteiger partial charge in [-0.1, -0.05) is 0 Å². The summed E-state index contributed by atoms with van der Waals surface area (Å²) in [5, 5.41) is 2.87. The van der Waals surface area contributed by atoms with Crippen LogP contribution in [0.5, 0.6) is 0 Å². The maximum atomic E-state index is 12.6. The Bertz CT molecular complexity index is 232. The Balaban J connectivity index is 2.36. The van der Waals surface area contributed by atoms with Crippen LogP contribution in [0.4, 0.5) is 4.39 Å². The molecule has 1 saturated heterocycles. The molecule has 0 saturated carbocycles. The zero-order valence-electron chi connectivity index (χ0n) is 7.09. The van der Waals surface area contributed by atoms with Crippen molar-refractivity contribution in [3.05, 3.63) is 0 Å². The van der Waals surface area contributed by atoms with Crippen molar-refractivity contribution < 1.29 is 12.8 Å². The lowest BCUT2D eigenvalue weighted by molar-refractivity contribution is 0.240. The van der Waals surface area contributed by atoms with Gasteiger partial charge in [-0.15, -0.1) is 0 Å². The van der Waals surface area contributed by atoms with Crippen molar-refractivity contribution in [2.45, 2.75) is 25.1 Å². The van der Waals surface area contributed by atoms with Crippen LogP contribution in [-0.4, -0.2) is 39.2 Å². The number of piperidine rings is 1. The Labute approximate surface area is 72.3 Å². The summed E-state index contributed by atoms with van der Waals surface area (Å²) in [6.45, 7) is 0.292. The monoisotopic (exact) mass is 195 g/mol. The number of hydrogen-bond acceptors (Lipinski definition) is 3. The maximum Gasteiger partial charge on any atom is 0.148 e. The predicted molar refractivity (Wildman–Crippen MR) is 45.6 cm³/mol. The summed E-state index contributed by atoms with van der Waals surface area (Å²) in [6.07, 6.45) is 1.50. The van der Waals surface area contributed by atoms with Crippen molar-refractivity contribution in [1.29, 1.82) is 0 Å². The lowest BCUT2D eigenvalue weighted by atomic mass is 10.1. The number of alkyl halides is 1. The molecule has 5 heteroatoms. The van der Waals surface area contributed by atoms with E-state index in [1.165, 1.54) is 6.26 Å². The van der Waals surface area contributed by atoms with Gasteiger partial charge in [-0.25, -0.2) is 12.8 Å². The van der Waals surface area contributed by atoms with Crippen molar-refractivity contribution in [3.63, 3.8) is 0 Å². The van der Waals surface area contributed by atoms with Crippen LogP contribution < -0.4 is 5.32 Å². The van der Waals surface area contributed by atoms with Crippen LogP contribution in [0.1, 0.15) is 12.8 Å². The van der Waals surface area contributed by atoms with Crippen LogP contribution in [-0.2, 0) is 9.84 Å². The van der Waals surface area contributed by atoms with E-state index in [-0.39, 0.29) is 11.8 Å². The first-order valence-electron chi connectivity index (χ1n) is 4.02. The van der Waals surface area contributed by atoms with E-state index in [9.17, 15) is 12.8 Å². The van der Waals surface area contributed by atoms with Gasteiger partial charge in [0, 0.05) is 18.8 Å². The number of nitrogens with one attached hydrogen (secondary N) is 1. The second-order valence-corrected chi connectivity index (χ2v) is 5.56. The lowest BCUT2D eigenvalue weighted by Crippen LogP contribution is -2.43. The van der Waals surface area contributed by atoms with E-state index in [2.05, 4.69) is 5.32 Å². The molecule has 0 aliphatic carbocycles. The summed E-state index contributed by atoms with van der Waals surface area (Å²) in [5.74, 6) is 0.125. The van der Waals surface area contributed by atoms with E-state index in [4.69, 9.17) is 0 Å². The van der Waals surface area contributed by atoms with Gasteiger partial charge >= 0.3 is 0 Å². The van der Waals surface area contributed by atoms with Crippen LogP contribution in [0, 0.1) is 0 Å². The molecule has 0 amide bonds. The SMILES string of the molecule is CS(=O)(=O)CC1CCC(F)CN1. The highest BCUT2D eigenvalue weighted by Gasteiger charge is 2.22. The Morgan fingerprint density at radius 3 is 2.58 bits per heavy atom. The molecule has 1 aliphatic rings. The molecule has 0 aromatic carbocycles. The van der Waals surface area contributed by atoms with Gasteiger partial charge in [0.05, 0.1) is 5.75 Å². The molecule has 0 radical (unpaired) electrons. The van der Waals surface area contributed by atoms with Crippen LogP contribution in [0.3, 0.4) is 0 Å². The molecular weight excluding hydrogens is 181 g/mol. The second-order valence-electron chi connectivity index (χ2n) is 3.37. The summed E-state index contributed by atoms with van der Waals surface area (Å²) >= 11 is 0. The molecule has 2 unspecified atom stereocenters. The minimum absolute atomic E-state index is 0.0491. The van der Waals surface area contributed by atoms with Crippen LogP contribution in [0.2, 0.25) is 0 Å². The highest BCUT2D eigenvalue weighted by atomic mass is 32.2. The molecular formula is C7H14FNO2S. The molecule has 0 aromatic rings. The third-order valence-electron chi connectivity index (χ3n) is 1.96. The minimum atomic E-state index is -2.93. The van der Waals surface area contributed by atoms with Gasteiger partial charge in [-0.05, 0) is 12.8 Å². The average Bonchev–Trinajstić information content (AvgIpc) is 1.91. The largest absolute Gasteiger partial charge is 0.310 e. The molecule has 1 aliphatic heterocycles. The smallest absolute Gasteiger partial charge is 0.148 e. The Kier molecular flexibility index (Phi) is 3.06. The molecule has 1 N–H and O–H groups in total. The van der Waals surface area contributed by atoms with Gasteiger partial charge in [-0.3, -0.25) is 0 Å². The molecule has 2 atom stereocenters. The van der Waals surface area contributed by atoms with Crippen molar-refractivity contribution in [2.24, 2.45) is 0 Å². The zero-order valence-corrected chi connectivity index (χ0v) is 7.90. The van der Waals surface area contributed by atoms with Crippen molar-refractivity contribution in [2.75, 3.05) is 18.6 Å². The standard InChI is InChI=1S/C7H14FNO2S/c1-12(10,11)5-7-3-2-6(8)4-9-7/h6-7,9H,2-5H2,1H3. The highest BCUT2D eigenvalue weighted by Crippen LogP contribution is 2.11. The Morgan fingerprint density at radius 2 is 2.17 bits per heavy atom. The summed E-state index contributed by atoms with van der Waals surface area (Å²) in [4.78, 5) is 0. The van der Waals surface area contributed by atoms with E-state index in [1.807, 2.05) is 0 Å². The van der Waals surface area contributed by atoms with Crippen LogP contribution in [0.25, 0.3) is 0 Å². The van der Waals surface area contributed by atoms with Crippen molar-refractivity contribution in [3.8, 4) is 0 Å². The summed E-state index contributed by atoms with van der Waals surface area (Å²) in [7, 11) is -2.93. The fourth-order valence-electron chi connectivity index (χ4n) is 1.39. The van der Waals surface area contributed by atoms with Gasteiger partial charge < -0.3 is 5.32 Å². The third kappa shape index (κ3) is 3.49. The topological polar surface area (TPSA) is 46.2 Å². The lowest BCUT2D eigenvalue weighted by Gasteiger charge is -2.24. The number of rotatable bonds is 2. The van der Waals surface area contributed by atoms with Crippen molar-refractivity contribution in [1.82, 2.24) is 5.32 Å². The zero-order chi connectivity index (χ0) is 9.19. The first-order chi connectivity index (χ1) is 5.47. The van der Waals surface area contributed by atoms with Gasteiger partial charge in [0.25, 0.3) is 0 Å². The Hall–Kier alpha value is -0.160. The van der Waals surface area contributed by atoms with E-state index in [0.717, 1.165) is 0 Å². The fraction of sp³-hybridized carbons (Fsp3) is 1.00. The van der Waals surface area contributed by atoms with E-state index >= 15 is 0 Å². The van der Waals surface area contributed by atoms with Gasteiger partial charge in [0.15, 0.2) is 0 Å². The maximum absolute atomic E-state index is 12.6. The van der Waals surface area contributed by atoms with Crippen molar-refractivity contribution >= 4 is 9.84 Å². The molecule has 0 aromatic heterocycles. The minimum Gasteiger partial charge on any atom is -0.310 e. The first-order valence-corrected chi connectivity index (χ1v) is 6.08. The predicted octanol–water partition coefficient (Wildman–Crippen LogP) is 0.121. The molecule has 72 valence electrons. The molecule has 1 heterocycles. The van der Waals surface area contributed by atoms with Gasteiger partial charge in [-0.2, -0.15) is 0 Å². The number of hydrogen-bond donors (Lipinski definition) is 1. The Morgan fingerprint density at radius 1 is 1.50 bits per heavy atom. The second kappa shape index (κ2) is 3.70. The highest BCUT2D eigenvalue weighted by molar-refractivity contribution is 7.90. The molecule has 0 bridgehead atoms. The number of sulfone groups is 1. The molecule has 0 spiro atoms. The quantitative estimate of drug-likeness (QED) is 0.681. The summed E-state index contributed by atoms with van der Waals surface area (Å²) < 4.78 is 34.3. The summed E-state index contributed by atoms with van der Waals surface area (Å²) in [6, 6.07) is -0.0491. The number of halogens is 1. The molecule has 1 fully saturated rings. The van der Waals surface area contributed by atoms with Crippen LogP contribution in [0.15, 0.2) is 0 Å². The first kappa shape index (κ1) is 9.92. The average molecular weight is 195 g/mol. The third-order valence-corrected chi connectivity index (χ3v) is 2.97. The van der Waals surface area contributed by atoms with Gasteiger partial charge in [0.1, 0.15) is 16.0 Å². The van der Waals surface area contributed by atoms with Crippen LogP contribution >= 0.6 is 0 Å². The fourth-order valence-corrected chi connectivity index (χ4v) is 2.40. The van der Waals surface area contributed by atoms with E-state index < -0.39 is 16.0 Å².